The number of aromatic amines is 1. The Balaban J connectivity index is 1.75. The van der Waals surface area contributed by atoms with Crippen LogP contribution in [-0.2, 0) is 4.79 Å². The number of thioether (sulfide) groups is 1. The molecule has 0 saturated heterocycles. The highest BCUT2D eigenvalue weighted by atomic mass is 35.5. The number of hydrogen-bond acceptors (Lipinski definition) is 5. The molecule has 0 bridgehead atoms. The van der Waals surface area contributed by atoms with E-state index in [0.29, 0.717) is 31.1 Å². The maximum atomic E-state index is 12.3. The fraction of sp³-hybridized carbons (Fsp3) is 0.133. The van der Waals surface area contributed by atoms with Gasteiger partial charge in [-0.25, -0.2) is 4.98 Å². The van der Waals surface area contributed by atoms with Gasteiger partial charge in [-0.3, -0.25) is 9.59 Å². The summed E-state index contributed by atoms with van der Waals surface area (Å²) in [5.41, 5.74) is 0.228. The summed E-state index contributed by atoms with van der Waals surface area (Å²) in [6.07, 6.45) is 0. The molecular formula is C15H11Cl2N3O2S2. The first-order chi connectivity index (χ1) is 11.4. The van der Waals surface area contributed by atoms with Gasteiger partial charge in [-0.15, -0.1) is 11.3 Å². The largest absolute Gasteiger partial charge is 0.324 e. The van der Waals surface area contributed by atoms with Crippen LogP contribution >= 0.6 is 46.3 Å². The molecule has 0 aliphatic rings. The summed E-state index contributed by atoms with van der Waals surface area (Å²) in [6, 6.07) is 6.55. The first-order valence-corrected chi connectivity index (χ1v) is 9.35. The molecule has 0 saturated carbocycles. The maximum absolute atomic E-state index is 12.3. The molecule has 124 valence electrons. The van der Waals surface area contributed by atoms with Crippen molar-refractivity contribution < 1.29 is 4.79 Å². The van der Waals surface area contributed by atoms with E-state index >= 15 is 0 Å². The minimum atomic E-state index is -0.486. The zero-order valence-electron chi connectivity index (χ0n) is 12.3. The lowest BCUT2D eigenvalue weighted by molar-refractivity contribution is -0.115. The van der Waals surface area contributed by atoms with E-state index in [4.69, 9.17) is 23.2 Å². The summed E-state index contributed by atoms with van der Waals surface area (Å²) >= 11 is 14.5. The average molecular weight is 400 g/mol. The number of halogens is 2. The van der Waals surface area contributed by atoms with Crippen LogP contribution in [0.25, 0.3) is 10.2 Å². The van der Waals surface area contributed by atoms with Gasteiger partial charge in [0.1, 0.15) is 4.83 Å². The molecule has 0 radical (unpaired) electrons. The van der Waals surface area contributed by atoms with Gasteiger partial charge in [0.2, 0.25) is 5.91 Å². The zero-order chi connectivity index (χ0) is 17.3. The van der Waals surface area contributed by atoms with Crippen LogP contribution in [0, 0.1) is 0 Å². The zero-order valence-corrected chi connectivity index (χ0v) is 15.4. The fourth-order valence-electron chi connectivity index (χ4n) is 1.95. The molecule has 1 amide bonds. The Hall–Kier alpha value is -1.54. The molecular weight excluding hydrogens is 389 g/mol. The van der Waals surface area contributed by atoms with Gasteiger partial charge < -0.3 is 10.3 Å². The summed E-state index contributed by atoms with van der Waals surface area (Å²) in [6.45, 7) is 1.72. The van der Waals surface area contributed by atoms with Gasteiger partial charge >= 0.3 is 0 Å². The standard InChI is InChI=1S/C15H11Cl2N3O2S2/c1-7(12(21)18-11-6-8(16)2-3-10(11)17)24-15-19-13(22)9-4-5-23-14(9)20-15/h2-7H,1H3,(H,18,21)(H,19,20,22). The number of carbonyl (C=O) groups excluding carboxylic acids is 1. The van der Waals surface area contributed by atoms with Crippen LogP contribution in [0.1, 0.15) is 6.92 Å². The van der Waals surface area contributed by atoms with Gasteiger partial charge in [0.15, 0.2) is 5.16 Å². The predicted molar refractivity (Wildman–Crippen MR) is 101 cm³/mol. The van der Waals surface area contributed by atoms with Gasteiger partial charge in [-0.05, 0) is 36.6 Å². The van der Waals surface area contributed by atoms with E-state index in [2.05, 4.69) is 15.3 Å². The molecule has 2 heterocycles. The van der Waals surface area contributed by atoms with Crippen molar-refractivity contribution in [2.45, 2.75) is 17.3 Å². The molecule has 0 spiro atoms. The Kier molecular flexibility index (Phi) is 5.15. The first-order valence-electron chi connectivity index (χ1n) is 6.84. The number of rotatable bonds is 4. The lowest BCUT2D eigenvalue weighted by Crippen LogP contribution is -2.23. The summed E-state index contributed by atoms with van der Waals surface area (Å²) in [7, 11) is 0. The quantitative estimate of drug-likeness (QED) is 0.503. The second kappa shape index (κ2) is 7.14. The molecule has 1 aromatic carbocycles. The van der Waals surface area contributed by atoms with Crippen molar-refractivity contribution in [3.05, 3.63) is 50.0 Å². The topological polar surface area (TPSA) is 74.8 Å². The maximum Gasteiger partial charge on any atom is 0.260 e. The number of carbonyl (C=O) groups is 1. The Morgan fingerprint density at radius 3 is 2.96 bits per heavy atom. The number of hydrogen-bond donors (Lipinski definition) is 2. The lowest BCUT2D eigenvalue weighted by atomic mass is 10.3. The highest BCUT2D eigenvalue weighted by Gasteiger charge is 2.18. The van der Waals surface area contributed by atoms with E-state index in [-0.39, 0.29) is 11.5 Å². The molecule has 0 fully saturated rings. The van der Waals surface area contributed by atoms with Crippen LogP contribution in [0.4, 0.5) is 5.69 Å². The van der Waals surface area contributed by atoms with Crippen molar-refractivity contribution in [2.75, 3.05) is 5.32 Å². The van der Waals surface area contributed by atoms with Gasteiger partial charge in [0.05, 0.1) is 21.3 Å². The van der Waals surface area contributed by atoms with Crippen LogP contribution in [0.2, 0.25) is 10.0 Å². The van der Waals surface area contributed by atoms with E-state index in [1.807, 2.05) is 0 Å². The molecule has 1 unspecified atom stereocenters. The second-order valence-corrected chi connectivity index (χ2v) is 7.95. The van der Waals surface area contributed by atoms with Crippen molar-refractivity contribution in [1.82, 2.24) is 9.97 Å². The van der Waals surface area contributed by atoms with Crippen molar-refractivity contribution >= 4 is 68.1 Å². The minimum absolute atomic E-state index is 0.214. The Morgan fingerprint density at radius 2 is 2.17 bits per heavy atom. The third-order valence-electron chi connectivity index (χ3n) is 3.16. The monoisotopic (exact) mass is 399 g/mol. The highest BCUT2D eigenvalue weighted by Crippen LogP contribution is 2.27. The fourth-order valence-corrected chi connectivity index (χ4v) is 3.91. The van der Waals surface area contributed by atoms with E-state index < -0.39 is 5.25 Å². The Morgan fingerprint density at radius 1 is 1.38 bits per heavy atom. The first kappa shape index (κ1) is 17.3. The van der Waals surface area contributed by atoms with E-state index in [1.54, 1.807) is 36.6 Å². The van der Waals surface area contributed by atoms with Gasteiger partial charge in [0, 0.05) is 5.02 Å². The summed E-state index contributed by atoms with van der Waals surface area (Å²) in [5.74, 6) is -0.266. The molecule has 0 aliphatic heterocycles. The van der Waals surface area contributed by atoms with Gasteiger partial charge in [-0.1, -0.05) is 35.0 Å². The minimum Gasteiger partial charge on any atom is -0.324 e. The lowest BCUT2D eigenvalue weighted by Gasteiger charge is -2.12. The molecule has 3 aromatic rings. The SMILES string of the molecule is CC(Sc1nc2sccc2c(=O)[nH]1)C(=O)Nc1cc(Cl)ccc1Cl. The third-order valence-corrected chi connectivity index (χ3v) is 5.51. The predicted octanol–water partition coefficient (Wildman–Crippen LogP) is 4.41. The average Bonchev–Trinajstić information content (AvgIpc) is 2.99. The summed E-state index contributed by atoms with van der Waals surface area (Å²) in [5, 5.41) is 5.86. The number of anilines is 1. The van der Waals surface area contributed by atoms with Crippen molar-refractivity contribution in [3.8, 4) is 0 Å². The van der Waals surface area contributed by atoms with Crippen molar-refractivity contribution in [1.29, 1.82) is 0 Å². The van der Waals surface area contributed by atoms with E-state index in [1.165, 1.54) is 23.1 Å². The third kappa shape index (κ3) is 3.75. The number of aromatic nitrogens is 2. The highest BCUT2D eigenvalue weighted by molar-refractivity contribution is 8.00. The summed E-state index contributed by atoms with van der Waals surface area (Å²) < 4.78 is 0. The van der Waals surface area contributed by atoms with Crippen LogP contribution in [0.15, 0.2) is 39.6 Å². The number of benzene rings is 1. The Bertz CT molecular complexity index is 971. The second-order valence-electron chi connectivity index (χ2n) is 4.88. The number of amides is 1. The van der Waals surface area contributed by atoms with Gasteiger partial charge in [0.25, 0.3) is 5.56 Å². The number of fused-ring (bicyclic) bond motifs is 1. The number of thiophene rings is 1. The normalized spacial score (nSPS) is 12.3. The summed E-state index contributed by atoms with van der Waals surface area (Å²) in [4.78, 5) is 32.0. The van der Waals surface area contributed by atoms with Crippen LogP contribution in [0.3, 0.4) is 0 Å². The molecule has 5 nitrogen and oxygen atoms in total. The van der Waals surface area contributed by atoms with E-state index in [0.717, 1.165) is 0 Å². The smallest absolute Gasteiger partial charge is 0.260 e. The van der Waals surface area contributed by atoms with Gasteiger partial charge in [-0.2, -0.15) is 0 Å². The number of H-pyrrole nitrogens is 1. The molecule has 2 aromatic heterocycles. The molecule has 2 N–H and O–H groups in total. The van der Waals surface area contributed by atoms with Crippen LogP contribution in [0.5, 0.6) is 0 Å². The molecule has 24 heavy (non-hydrogen) atoms. The molecule has 3 rings (SSSR count). The van der Waals surface area contributed by atoms with Crippen molar-refractivity contribution in [2.24, 2.45) is 0 Å². The van der Waals surface area contributed by atoms with E-state index in [9.17, 15) is 9.59 Å². The number of nitrogens with one attached hydrogen (secondary N) is 2. The number of nitrogens with zero attached hydrogens (tertiary/aromatic N) is 1. The van der Waals surface area contributed by atoms with Crippen LogP contribution in [-0.4, -0.2) is 21.1 Å². The molecule has 1 atom stereocenters. The van der Waals surface area contributed by atoms with Crippen molar-refractivity contribution in [3.63, 3.8) is 0 Å². The molecule has 0 aliphatic carbocycles. The Labute approximate surface area is 155 Å². The van der Waals surface area contributed by atoms with Crippen LogP contribution < -0.4 is 10.9 Å². The molecule has 9 heteroatoms.